The average molecular weight is 470 g/mol. The Hall–Kier alpha value is -3.87. The SMILES string of the molecule is CN(C)c1cccc(CC2CCC=C(NC(=O)c3ccc4cc5n(c4c3)CCCNC5=O)C=N2)c1. The number of hydrogen-bond acceptors (Lipinski definition) is 4. The van der Waals surface area contributed by atoms with Gasteiger partial charge in [0.2, 0.25) is 0 Å². The van der Waals surface area contributed by atoms with Gasteiger partial charge in [0.15, 0.2) is 0 Å². The molecule has 1 atom stereocenters. The Morgan fingerprint density at radius 2 is 2.09 bits per heavy atom. The third-order valence-electron chi connectivity index (χ3n) is 6.69. The van der Waals surface area contributed by atoms with Crippen LogP contribution in [0.4, 0.5) is 5.69 Å². The molecule has 2 aliphatic heterocycles. The Balaban J connectivity index is 1.28. The molecule has 0 saturated heterocycles. The maximum Gasteiger partial charge on any atom is 0.267 e. The van der Waals surface area contributed by atoms with E-state index in [1.165, 1.54) is 11.3 Å². The number of aromatic nitrogens is 1. The van der Waals surface area contributed by atoms with Crippen LogP contribution in [0.5, 0.6) is 0 Å². The van der Waals surface area contributed by atoms with E-state index in [0.29, 0.717) is 17.8 Å². The lowest BCUT2D eigenvalue weighted by Crippen LogP contribution is -2.23. The van der Waals surface area contributed by atoms with E-state index in [2.05, 4.69) is 39.8 Å². The molecule has 0 fully saturated rings. The summed E-state index contributed by atoms with van der Waals surface area (Å²) in [4.78, 5) is 32.3. The summed E-state index contributed by atoms with van der Waals surface area (Å²) in [5.74, 6) is -0.233. The van der Waals surface area contributed by atoms with Crippen LogP contribution in [-0.2, 0) is 13.0 Å². The van der Waals surface area contributed by atoms with Crippen molar-refractivity contribution in [3.63, 3.8) is 0 Å². The highest BCUT2D eigenvalue weighted by atomic mass is 16.2. The molecule has 2 N–H and O–H groups in total. The van der Waals surface area contributed by atoms with E-state index in [-0.39, 0.29) is 17.9 Å². The fourth-order valence-electron chi connectivity index (χ4n) is 4.77. The molecule has 5 rings (SSSR count). The van der Waals surface area contributed by atoms with Crippen LogP contribution in [-0.4, -0.2) is 49.3 Å². The first-order chi connectivity index (χ1) is 17.0. The van der Waals surface area contributed by atoms with Gasteiger partial charge in [-0.25, -0.2) is 0 Å². The molecule has 35 heavy (non-hydrogen) atoms. The first-order valence-electron chi connectivity index (χ1n) is 12.2. The highest BCUT2D eigenvalue weighted by molar-refractivity contribution is 6.03. The fraction of sp³-hybridized carbons (Fsp3) is 0.321. The van der Waals surface area contributed by atoms with E-state index >= 15 is 0 Å². The normalized spacial score (nSPS) is 17.7. The zero-order valence-electron chi connectivity index (χ0n) is 20.3. The molecule has 2 aromatic carbocycles. The number of anilines is 1. The Morgan fingerprint density at radius 1 is 1.20 bits per heavy atom. The van der Waals surface area contributed by atoms with Gasteiger partial charge >= 0.3 is 0 Å². The Bertz CT molecular complexity index is 1330. The third-order valence-corrected chi connectivity index (χ3v) is 6.69. The van der Waals surface area contributed by atoms with Crippen molar-refractivity contribution in [3.05, 3.63) is 77.1 Å². The number of benzene rings is 2. The van der Waals surface area contributed by atoms with Crippen LogP contribution in [0.25, 0.3) is 10.9 Å². The standard InChI is InChI=1S/C28H31N5O2/c1-32(2)24-9-3-6-19(15-24)14-22-7-4-8-23(18-30-22)31-27(34)21-11-10-20-16-26-28(35)29-12-5-13-33(26)25(20)17-21/h3,6,8-11,15-18,22H,4-5,7,12-14H2,1-2H3,(H,29,35)(H,31,34). The molecule has 2 aliphatic rings. The quantitative estimate of drug-likeness (QED) is 0.594. The number of fused-ring (bicyclic) bond motifs is 3. The van der Waals surface area contributed by atoms with Crippen LogP contribution in [0.1, 0.15) is 45.7 Å². The second-order valence-electron chi connectivity index (χ2n) is 9.46. The van der Waals surface area contributed by atoms with Crippen LogP contribution in [0.15, 0.2) is 65.3 Å². The van der Waals surface area contributed by atoms with Gasteiger partial charge in [-0.15, -0.1) is 0 Å². The largest absolute Gasteiger partial charge is 0.378 e. The molecule has 3 heterocycles. The van der Waals surface area contributed by atoms with Crippen molar-refractivity contribution in [3.8, 4) is 0 Å². The van der Waals surface area contributed by atoms with Crippen molar-refractivity contribution in [2.24, 2.45) is 4.99 Å². The highest BCUT2D eigenvalue weighted by Gasteiger charge is 2.19. The molecular weight excluding hydrogens is 438 g/mol. The first-order valence-corrected chi connectivity index (χ1v) is 12.2. The van der Waals surface area contributed by atoms with Crippen LogP contribution in [0.2, 0.25) is 0 Å². The molecule has 180 valence electrons. The number of carbonyl (C=O) groups is 2. The molecule has 3 aromatic rings. The van der Waals surface area contributed by atoms with Gasteiger partial charge in [-0.2, -0.15) is 0 Å². The molecule has 0 saturated carbocycles. The van der Waals surface area contributed by atoms with E-state index in [0.717, 1.165) is 48.8 Å². The number of aryl methyl sites for hydroxylation is 1. The van der Waals surface area contributed by atoms with E-state index in [1.54, 1.807) is 6.21 Å². The monoisotopic (exact) mass is 469 g/mol. The zero-order chi connectivity index (χ0) is 24.4. The van der Waals surface area contributed by atoms with E-state index < -0.39 is 0 Å². The number of aliphatic imine (C=N–C) groups is 1. The molecule has 1 unspecified atom stereocenters. The lowest BCUT2D eigenvalue weighted by molar-refractivity contribution is 0.0948. The molecule has 2 amide bonds. The molecule has 0 aliphatic carbocycles. The maximum atomic E-state index is 13.1. The molecule has 0 spiro atoms. The van der Waals surface area contributed by atoms with Crippen molar-refractivity contribution in [1.29, 1.82) is 0 Å². The number of nitrogens with one attached hydrogen (secondary N) is 2. The van der Waals surface area contributed by atoms with Crippen LogP contribution < -0.4 is 15.5 Å². The zero-order valence-corrected chi connectivity index (χ0v) is 20.3. The summed E-state index contributed by atoms with van der Waals surface area (Å²) in [7, 11) is 4.09. The second kappa shape index (κ2) is 9.78. The lowest BCUT2D eigenvalue weighted by atomic mass is 10.0. The highest BCUT2D eigenvalue weighted by Crippen LogP contribution is 2.24. The third kappa shape index (κ3) is 4.99. The van der Waals surface area contributed by atoms with Crippen molar-refractivity contribution in [2.45, 2.75) is 38.3 Å². The topological polar surface area (TPSA) is 78.7 Å². The second-order valence-corrected chi connectivity index (χ2v) is 9.46. The Morgan fingerprint density at radius 3 is 2.94 bits per heavy atom. The molecule has 7 nitrogen and oxygen atoms in total. The minimum absolute atomic E-state index is 0.0625. The fourth-order valence-corrected chi connectivity index (χ4v) is 4.77. The number of hydrogen-bond donors (Lipinski definition) is 2. The summed E-state index contributed by atoms with van der Waals surface area (Å²) < 4.78 is 2.01. The molecule has 1 aromatic heterocycles. The average Bonchev–Trinajstić information content (AvgIpc) is 2.94. The first kappa shape index (κ1) is 22.9. The van der Waals surface area contributed by atoms with Crippen molar-refractivity contribution in [2.75, 3.05) is 25.5 Å². The molecule has 0 radical (unpaired) electrons. The Kier molecular flexibility index (Phi) is 6.40. The van der Waals surface area contributed by atoms with E-state index in [1.807, 2.05) is 49.0 Å². The lowest BCUT2D eigenvalue weighted by Gasteiger charge is -2.15. The van der Waals surface area contributed by atoms with Gasteiger partial charge in [0.05, 0.1) is 11.7 Å². The molecule has 0 bridgehead atoms. The van der Waals surface area contributed by atoms with Gasteiger partial charge in [-0.1, -0.05) is 24.3 Å². The van der Waals surface area contributed by atoms with Gasteiger partial charge in [0, 0.05) is 55.6 Å². The van der Waals surface area contributed by atoms with Crippen molar-refractivity contribution < 1.29 is 9.59 Å². The smallest absolute Gasteiger partial charge is 0.267 e. The predicted molar refractivity (Wildman–Crippen MR) is 140 cm³/mol. The predicted octanol–water partition coefficient (Wildman–Crippen LogP) is 3.93. The van der Waals surface area contributed by atoms with E-state index in [9.17, 15) is 9.59 Å². The van der Waals surface area contributed by atoms with Crippen molar-refractivity contribution in [1.82, 2.24) is 15.2 Å². The summed E-state index contributed by atoms with van der Waals surface area (Å²) in [6.07, 6.45) is 7.36. The van der Waals surface area contributed by atoms with Crippen LogP contribution >= 0.6 is 0 Å². The summed E-state index contributed by atoms with van der Waals surface area (Å²) in [5, 5.41) is 6.90. The maximum absolute atomic E-state index is 13.1. The number of carbonyl (C=O) groups excluding carboxylic acids is 2. The summed E-state index contributed by atoms with van der Waals surface area (Å²) in [5.41, 5.74) is 5.30. The number of allylic oxidation sites excluding steroid dienone is 2. The number of amides is 2. The van der Waals surface area contributed by atoms with Gasteiger partial charge in [-0.05, 0) is 61.6 Å². The van der Waals surface area contributed by atoms with Gasteiger partial charge in [0.25, 0.3) is 11.8 Å². The van der Waals surface area contributed by atoms with E-state index in [4.69, 9.17) is 4.99 Å². The number of rotatable bonds is 5. The minimum atomic E-state index is -0.171. The summed E-state index contributed by atoms with van der Waals surface area (Å²) in [6.45, 7) is 1.41. The summed E-state index contributed by atoms with van der Waals surface area (Å²) >= 11 is 0. The van der Waals surface area contributed by atoms with Gasteiger partial charge < -0.3 is 20.1 Å². The molecule has 7 heteroatoms. The minimum Gasteiger partial charge on any atom is -0.378 e. The number of nitrogens with zero attached hydrogens (tertiary/aromatic N) is 3. The van der Waals surface area contributed by atoms with Crippen molar-refractivity contribution >= 4 is 34.6 Å². The summed E-state index contributed by atoms with van der Waals surface area (Å²) in [6, 6.07) is 16.2. The van der Waals surface area contributed by atoms with Gasteiger partial charge in [0.1, 0.15) is 5.69 Å². The van der Waals surface area contributed by atoms with Crippen LogP contribution in [0.3, 0.4) is 0 Å². The van der Waals surface area contributed by atoms with Crippen LogP contribution in [0, 0.1) is 0 Å². The molecular formula is C28H31N5O2. The Labute approximate surface area is 205 Å². The van der Waals surface area contributed by atoms with Gasteiger partial charge in [-0.3, -0.25) is 14.6 Å².